The number of nitrogens with zero attached hydrogens (tertiary/aromatic N) is 1. The van der Waals surface area contributed by atoms with Gasteiger partial charge in [-0.1, -0.05) is 13.0 Å². The van der Waals surface area contributed by atoms with Crippen LogP contribution >= 0.6 is 0 Å². The molecule has 0 saturated carbocycles. The molecule has 0 aliphatic heterocycles. The van der Waals surface area contributed by atoms with Crippen molar-refractivity contribution in [3.63, 3.8) is 0 Å². The van der Waals surface area contributed by atoms with Gasteiger partial charge in [0.05, 0.1) is 16.6 Å². The van der Waals surface area contributed by atoms with Gasteiger partial charge in [-0.2, -0.15) is 0 Å². The van der Waals surface area contributed by atoms with Crippen LogP contribution in [0.3, 0.4) is 0 Å². The lowest BCUT2D eigenvalue weighted by molar-refractivity contribution is 0.637. The number of benzene rings is 1. The summed E-state index contributed by atoms with van der Waals surface area (Å²) < 4.78 is 14.3. The van der Waals surface area contributed by atoms with E-state index in [1.165, 1.54) is 18.4 Å². The van der Waals surface area contributed by atoms with Gasteiger partial charge in [0.15, 0.2) is 0 Å². The van der Waals surface area contributed by atoms with Crippen LogP contribution in [0.15, 0.2) is 12.1 Å². The van der Waals surface area contributed by atoms with E-state index in [0.29, 0.717) is 5.39 Å². The van der Waals surface area contributed by atoms with Crippen molar-refractivity contribution >= 4 is 16.6 Å². The average molecular weight is 272 g/mol. The molecule has 1 aromatic carbocycles. The molecule has 0 fully saturated rings. The van der Waals surface area contributed by atoms with Crippen LogP contribution in [-0.2, 0) is 12.8 Å². The van der Waals surface area contributed by atoms with Gasteiger partial charge in [-0.05, 0) is 56.2 Å². The first-order chi connectivity index (χ1) is 9.72. The van der Waals surface area contributed by atoms with Gasteiger partial charge in [-0.25, -0.2) is 4.39 Å². The Balaban J connectivity index is 2.30. The number of rotatable bonds is 3. The molecule has 0 amide bonds. The second kappa shape index (κ2) is 5.39. The van der Waals surface area contributed by atoms with Gasteiger partial charge in [0.2, 0.25) is 0 Å². The van der Waals surface area contributed by atoms with E-state index >= 15 is 0 Å². The zero-order chi connectivity index (χ0) is 14.1. The van der Waals surface area contributed by atoms with Gasteiger partial charge < -0.3 is 5.32 Å². The van der Waals surface area contributed by atoms with E-state index < -0.39 is 0 Å². The Bertz CT molecular complexity index is 649. The first-order valence-electron chi connectivity index (χ1n) is 7.56. The van der Waals surface area contributed by atoms with Gasteiger partial charge in [0.25, 0.3) is 0 Å². The molecule has 2 nitrogen and oxygen atoms in total. The van der Waals surface area contributed by atoms with Crippen LogP contribution in [0, 0.1) is 12.7 Å². The van der Waals surface area contributed by atoms with Gasteiger partial charge in [0, 0.05) is 12.2 Å². The first kappa shape index (κ1) is 13.3. The van der Waals surface area contributed by atoms with E-state index in [1.807, 2.05) is 13.0 Å². The van der Waals surface area contributed by atoms with Crippen molar-refractivity contribution < 1.29 is 4.39 Å². The highest BCUT2D eigenvalue weighted by molar-refractivity contribution is 5.95. The van der Waals surface area contributed by atoms with Crippen LogP contribution in [0.5, 0.6) is 0 Å². The minimum Gasteiger partial charge on any atom is -0.384 e. The molecular formula is C17H21FN2. The van der Waals surface area contributed by atoms with E-state index in [0.717, 1.165) is 48.3 Å². The van der Waals surface area contributed by atoms with Crippen molar-refractivity contribution in [3.8, 4) is 0 Å². The molecule has 1 N–H and O–H groups in total. The molecule has 2 aromatic rings. The Morgan fingerprint density at radius 1 is 1.25 bits per heavy atom. The number of halogens is 1. The van der Waals surface area contributed by atoms with Crippen LogP contribution in [0.4, 0.5) is 10.1 Å². The molecule has 0 radical (unpaired) electrons. The molecule has 0 saturated heterocycles. The van der Waals surface area contributed by atoms with E-state index in [2.05, 4.69) is 12.2 Å². The molecule has 3 heteroatoms. The molecule has 1 heterocycles. The minimum atomic E-state index is -0.162. The number of nitrogens with one attached hydrogen (secondary N) is 1. The molecular weight excluding hydrogens is 251 g/mol. The summed E-state index contributed by atoms with van der Waals surface area (Å²) in [5.74, 6) is -0.162. The molecule has 1 aliphatic rings. The largest absolute Gasteiger partial charge is 0.384 e. The minimum absolute atomic E-state index is 0.162. The topological polar surface area (TPSA) is 24.9 Å². The Kier molecular flexibility index (Phi) is 3.60. The molecule has 3 rings (SSSR count). The zero-order valence-corrected chi connectivity index (χ0v) is 12.2. The molecule has 0 atom stereocenters. The van der Waals surface area contributed by atoms with E-state index in [9.17, 15) is 4.39 Å². The number of aromatic nitrogens is 1. The normalized spacial score (nSPS) is 14.3. The summed E-state index contributed by atoms with van der Waals surface area (Å²) >= 11 is 0. The maximum absolute atomic E-state index is 14.3. The predicted molar refractivity (Wildman–Crippen MR) is 81.9 cm³/mol. The van der Waals surface area contributed by atoms with Crippen molar-refractivity contribution in [2.75, 3.05) is 11.9 Å². The molecule has 106 valence electrons. The third kappa shape index (κ3) is 2.15. The van der Waals surface area contributed by atoms with Crippen LogP contribution < -0.4 is 5.32 Å². The van der Waals surface area contributed by atoms with Crippen LogP contribution in [0.1, 0.15) is 43.0 Å². The van der Waals surface area contributed by atoms with Crippen molar-refractivity contribution in [3.05, 3.63) is 34.8 Å². The summed E-state index contributed by atoms with van der Waals surface area (Å²) in [7, 11) is 0. The zero-order valence-electron chi connectivity index (χ0n) is 12.2. The lowest BCUT2D eigenvalue weighted by Gasteiger charge is -2.22. The number of aryl methyl sites for hydroxylation is 2. The predicted octanol–water partition coefficient (Wildman–Crippen LogP) is 4.38. The summed E-state index contributed by atoms with van der Waals surface area (Å²) in [6.45, 7) is 5.01. The molecule has 0 bridgehead atoms. The molecule has 20 heavy (non-hydrogen) atoms. The van der Waals surface area contributed by atoms with Crippen LogP contribution in [0.25, 0.3) is 10.9 Å². The summed E-state index contributed by atoms with van der Waals surface area (Å²) in [6.07, 6.45) is 5.42. The first-order valence-corrected chi connectivity index (χ1v) is 7.56. The summed E-state index contributed by atoms with van der Waals surface area (Å²) in [6, 6.07) is 3.38. The number of hydrogen-bond acceptors (Lipinski definition) is 2. The molecule has 1 aromatic heterocycles. The van der Waals surface area contributed by atoms with Gasteiger partial charge >= 0.3 is 0 Å². The smallest absolute Gasteiger partial charge is 0.134 e. The third-order valence-electron chi connectivity index (χ3n) is 4.12. The lowest BCUT2D eigenvalue weighted by Crippen LogP contribution is -2.13. The Hall–Kier alpha value is -1.64. The second-order valence-electron chi connectivity index (χ2n) is 5.63. The van der Waals surface area contributed by atoms with Gasteiger partial charge in [-0.15, -0.1) is 0 Å². The van der Waals surface area contributed by atoms with Crippen molar-refractivity contribution in [2.24, 2.45) is 0 Å². The van der Waals surface area contributed by atoms with Crippen molar-refractivity contribution in [1.29, 1.82) is 0 Å². The molecule has 0 spiro atoms. The van der Waals surface area contributed by atoms with Crippen molar-refractivity contribution in [2.45, 2.75) is 46.0 Å². The number of fused-ring (bicyclic) bond motifs is 2. The van der Waals surface area contributed by atoms with Gasteiger partial charge in [-0.3, -0.25) is 4.98 Å². The van der Waals surface area contributed by atoms with E-state index in [4.69, 9.17) is 4.98 Å². The van der Waals surface area contributed by atoms with Crippen LogP contribution in [0.2, 0.25) is 0 Å². The lowest BCUT2D eigenvalue weighted by atomic mass is 9.92. The number of pyridine rings is 1. The summed E-state index contributed by atoms with van der Waals surface area (Å²) in [5, 5.41) is 4.13. The highest BCUT2D eigenvalue weighted by Crippen LogP contribution is 2.35. The quantitative estimate of drug-likeness (QED) is 0.896. The standard InChI is InChI=1S/C17H21FN2/c1-3-10-19-17-12-6-4-5-7-14(12)20-16-11(2)8-9-13(18)15(16)17/h8-9H,3-7,10H2,1-2H3,(H,19,20). The highest BCUT2D eigenvalue weighted by atomic mass is 19.1. The maximum Gasteiger partial charge on any atom is 0.134 e. The number of hydrogen-bond donors (Lipinski definition) is 1. The second-order valence-corrected chi connectivity index (χ2v) is 5.63. The average Bonchev–Trinajstić information content (AvgIpc) is 2.48. The third-order valence-corrected chi connectivity index (χ3v) is 4.12. The fraction of sp³-hybridized carbons (Fsp3) is 0.471. The monoisotopic (exact) mass is 272 g/mol. The fourth-order valence-electron chi connectivity index (χ4n) is 3.07. The van der Waals surface area contributed by atoms with E-state index in [-0.39, 0.29) is 5.82 Å². The van der Waals surface area contributed by atoms with Gasteiger partial charge in [0.1, 0.15) is 5.82 Å². The fourth-order valence-corrected chi connectivity index (χ4v) is 3.07. The maximum atomic E-state index is 14.3. The SMILES string of the molecule is CCCNc1c2c(nc3c(C)ccc(F)c13)CCCC2. The Labute approximate surface area is 119 Å². The Morgan fingerprint density at radius 3 is 2.85 bits per heavy atom. The van der Waals surface area contributed by atoms with Crippen LogP contribution in [-0.4, -0.2) is 11.5 Å². The summed E-state index contributed by atoms with van der Waals surface area (Å²) in [5.41, 5.74) is 5.27. The summed E-state index contributed by atoms with van der Waals surface area (Å²) in [4.78, 5) is 4.76. The van der Waals surface area contributed by atoms with E-state index in [1.54, 1.807) is 6.07 Å². The molecule has 1 aliphatic carbocycles. The number of anilines is 1. The Morgan fingerprint density at radius 2 is 2.05 bits per heavy atom. The molecule has 0 unspecified atom stereocenters. The van der Waals surface area contributed by atoms with Crippen molar-refractivity contribution in [1.82, 2.24) is 4.98 Å². The highest BCUT2D eigenvalue weighted by Gasteiger charge is 2.20.